The fourth-order valence-corrected chi connectivity index (χ4v) is 1.90. The van der Waals surface area contributed by atoms with Crippen molar-refractivity contribution in [3.8, 4) is 0 Å². The molecule has 1 heterocycles. The molecule has 1 aromatic rings. The molecule has 1 saturated carbocycles. The fraction of sp³-hybridized carbons (Fsp3) is 0.692. The van der Waals surface area contributed by atoms with Crippen LogP contribution in [0.15, 0.2) is 18.0 Å². The standard InChI is InChI=1S/C13H22N4/c1-3-17-13(15-10-16-17)9-11(2)5-4-8-14-12-6-7-12/h5,10,12,14H,3-4,6-9H2,1-2H3. The van der Waals surface area contributed by atoms with E-state index in [1.165, 1.54) is 18.4 Å². The molecular weight excluding hydrogens is 212 g/mol. The number of nitrogens with one attached hydrogen (secondary N) is 1. The molecule has 94 valence electrons. The average Bonchev–Trinajstić information content (AvgIpc) is 3.04. The quantitative estimate of drug-likeness (QED) is 0.579. The Morgan fingerprint density at radius 1 is 1.59 bits per heavy atom. The Labute approximate surface area is 103 Å². The first-order valence-corrected chi connectivity index (χ1v) is 6.55. The van der Waals surface area contributed by atoms with Crippen molar-refractivity contribution in [1.29, 1.82) is 0 Å². The van der Waals surface area contributed by atoms with Gasteiger partial charge in [-0.15, -0.1) is 0 Å². The maximum Gasteiger partial charge on any atom is 0.138 e. The van der Waals surface area contributed by atoms with E-state index in [1.54, 1.807) is 6.33 Å². The van der Waals surface area contributed by atoms with Gasteiger partial charge in [-0.3, -0.25) is 4.68 Å². The first kappa shape index (κ1) is 12.3. The minimum Gasteiger partial charge on any atom is -0.314 e. The van der Waals surface area contributed by atoms with Gasteiger partial charge in [-0.2, -0.15) is 5.10 Å². The van der Waals surface area contributed by atoms with Crippen LogP contribution in [0.1, 0.15) is 38.9 Å². The maximum atomic E-state index is 4.29. The van der Waals surface area contributed by atoms with Crippen LogP contribution in [0.5, 0.6) is 0 Å². The van der Waals surface area contributed by atoms with Crippen LogP contribution >= 0.6 is 0 Å². The molecule has 4 heteroatoms. The summed E-state index contributed by atoms with van der Waals surface area (Å²) in [5.74, 6) is 1.07. The molecule has 0 unspecified atom stereocenters. The molecule has 0 saturated heterocycles. The monoisotopic (exact) mass is 234 g/mol. The van der Waals surface area contributed by atoms with Gasteiger partial charge in [0.15, 0.2) is 0 Å². The smallest absolute Gasteiger partial charge is 0.138 e. The molecule has 1 N–H and O–H groups in total. The summed E-state index contributed by atoms with van der Waals surface area (Å²) in [7, 11) is 0. The van der Waals surface area contributed by atoms with Crippen LogP contribution in [-0.2, 0) is 13.0 Å². The van der Waals surface area contributed by atoms with Gasteiger partial charge in [0.2, 0.25) is 0 Å². The molecule has 0 radical (unpaired) electrons. The van der Waals surface area contributed by atoms with Crippen LogP contribution in [0.4, 0.5) is 0 Å². The number of nitrogens with zero attached hydrogens (tertiary/aromatic N) is 3. The second kappa shape index (κ2) is 5.96. The zero-order chi connectivity index (χ0) is 12.1. The molecule has 17 heavy (non-hydrogen) atoms. The van der Waals surface area contributed by atoms with Crippen molar-refractivity contribution < 1.29 is 0 Å². The van der Waals surface area contributed by atoms with E-state index in [1.807, 2.05) is 4.68 Å². The SMILES string of the molecule is CCn1ncnc1CC(C)=CCCNC1CC1. The number of hydrogen-bond donors (Lipinski definition) is 1. The Bertz CT molecular complexity index is 377. The first-order chi connectivity index (χ1) is 8.29. The Kier molecular flexibility index (Phi) is 4.31. The van der Waals surface area contributed by atoms with Gasteiger partial charge >= 0.3 is 0 Å². The summed E-state index contributed by atoms with van der Waals surface area (Å²) in [6, 6.07) is 0.812. The number of allylic oxidation sites excluding steroid dienone is 1. The van der Waals surface area contributed by atoms with Crippen LogP contribution in [0.25, 0.3) is 0 Å². The van der Waals surface area contributed by atoms with Gasteiger partial charge in [0.25, 0.3) is 0 Å². The first-order valence-electron chi connectivity index (χ1n) is 6.55. The molecule has 1 aromatic heterocycles. The van der Waals surface area contributed by atoms with E-state index in [4.69, 9.17) is 0 Å². The lowest BCUT2D eigenvalue weighted by Gasteiger charge is -2.04. The van der Waals surface area contributed by atoms with Gasteiger partial charge in [-0.1, -0.05) is 11.6 Å². The minimum absolute atomic E-state index is 0.812. The van der Waals surface area contributed by atoms with Crippen molar-refractivity contribution in [3.63, 3.8) is 0 Å². The van der Waals surface area contributed by atoms with E-state index in [9.17, 15) is 0 Å². The number of aryl methyl sites for hydroxylation is 1. The van der Waals surface area contributed by atoms with E-state index >= 15 is 0 Å². The van der Waals surface area contributed by atoms with Crippen molar-refractivity contribution in [1.82, 2.24) is 20.1 Å². The third-order valence-corrected chi connectivity index (χ3v) is 3.08. The summed E-state index contributed by atoms with van der Waals surface area (Å²) >= 11 is 0. The zero-order valence-electron chi connectivity index (χ0n) is 10.8. The number of hydrogen-bond acceptors (Lipinski definition) is 3. The summed E-state index contributed by atoms with van der Waals surface area (Å²) in [4.78, 5) is 4.29. The molecule has 2 rings (SSSR count). The highest BCUT2D eigenvalue weighted by Gasteiger charge is 2.19. The van der Waals surface area contributed by atoms with E-state index in [0.29, 0.717) is 0 Å². The van der Waals surface area contributed by atoms with Crippen molar-refractivity contribution in [3.05, 3.63) is 23.8 Å². The molecular formula is C13H22N4. The molecule has 1 fully saturated rings. The van der Waals surface area contributed by atoms with E-state index in [2.05, 4.69) is 35.3 Å². The third kappa shape index (κ3) is 3.97. The van der Waals surface area contributed by atoms with Gasteiger partial charge in [-0.05, 0) is 39.7 Å². The Balaban J connectivity index is 1.74. The largest absolute Gasteiger partial charge is 0.314 e. The summed E-state index contributed by atoms with van der Waals surface area (Å²) in [5, 5.41) is 7.70. The van der Waals surface area contributed by atoms with Gasteiger partial charge in [0.1, 0.15) is 12.2 Å². The van der Waals surface area contributed by atoms with Crippen molar-refractivity contribution in [2.45, 2.75) is 52.1 Å². The summed E-state index contributed by atoms with van der Waals surface area (Å²) in [6.07, 6.45) is 8.70. The third-order valence-electron chi connectivity index (χ3n) is 3.08. The normalized spacial score (nSPS) is 16.5. The Morgan fingerprint density at radius 3 is 3.12 bits per heavy atom. The van der Waals surface area contributed by atoms with E-state index in [-0.39, 0.29) is 0 Å². The number of aromatic nitrogens is 3. The topological polar surface area (TPSA) is 42.7 Å². The van der Waals surface area contributed by atoms with Gasteiger partial charge < -0.3 is 5.32 Å². The van der Waals surface area contributed by atoms with Crippen molar-refractivity contribution in [2.75, 3.05) is 6.54 Å². The summed E-state index contributed by atoms with van der Waals surface area (Å²) < 4.78 is 1.96. The highest BCUT2D eigenvalue weighted by Crippen LogP contribution is 2.18. The van der Waals surface area contributed by atoms with Crippen LogP contribution < -0.4 is 5.32 Å². The Hall–Kier alpha value is -1.16. The zero-order valence-corrected chi connectivity index (χ0v) is 10.8. The summed E-state index contributed by atoms with van der Waals surface area (Å²) in [6.45, 7) is 6.26. The van der Waals surface area contributed by atoms with Gasteiger partial charge in [0, 0.05) is 19.0 Å². The van der Waals surface area contributed by atoms with Crippen LogP contribution in [0.3, 0.4) is 0 Å². The van der Waals surface area contributed by atoms with Crippen molar-refractivity contribution in [2.24, 2.45) is 0 Å². The van der Waals surface area contributed by atoms with Gasteiger partial charge in [-0.25, -0.2) is 4.98 Å². The molecule has 0 spiro atoms. The highest BCUT2D eigenvalue weighted by molar-refractivity contribution is 5.06. The molecule has 1 aliphatic rings. The van der Waals surface area contributed by atoms with Gasteiger partial charge in [0.05, 0.1) is 0 Å². The highest BCUT2D eigenvalue weighted by atomic mass is 15.3. The Morgan fingerprint density at radius 2 is 2.41 bits per heavy atom. The lowest BCUT2D eigenvalue weighted by molar-refractivity contribution is 0.622. The predicted molar refractivity (Wildman–Crippen MR) is 68.8 cm³/mol. The van der Waals surface area contributed by atoms with Crippen molar-refractivity contribution >= 4 is 0 Å². The predicted octanol–water partition coefficient (Wildman–Crippen LogP) is 1.93. The number of rotatable bonds is 7. The van der Waals surface area contributed by atoms with Crippen LogP contribution in [0, 0.1) is 0 Å². The molecule has 0 aliphatic heterocycles. The fourth-order valence-electron chi connectivity index (χ4n) is 1.90. The van der Waals surface area contributed by atoms with E-state index < -0.39 is 0 Å². The molecule has 1 aliphatic carbocycles. The lowest BCUT2D eigenvalue weighted by Crippen LogP contribution is -2.16. The second-order valence-electron chi connectivity index (χ2n) is 4.74. The maximum absolute atomic E-state index is 4.29. The second-order valence-corrected chi connectivity index (χ2v) is 4.74. The molecule has 0 aromatic carbocycles. The average molecular weight is 234 g/mol. The van der Waals surface area contributed by atoms with Crippen LogP contribution in [0.2, 0.25) is 0 Å². The molecule has 4 nitrogen and oxygen atoms in total. The van der Waals surface area contributed by atoms with Crippen LogP contribution in [-0.4, -0.2) is 27.4 Å². The summed E-state index contributed by atoms with van der Waals surface area (Å²) in [5.41, 5.74) is 1.38. The lowest BCUT2D eigenvalue weighted by atomic mass is 10.1. The molecule has 0 bridgehead atoms. The minimum atomic E-state index is 0.812. The molecule has 0 atom stereocenters. The van der Waals surface area contributed by atoms with E-state index in [0.717, 1.165) is 37.8 Å². The molecule has 0 amide bonds.